The van der Waals surface area contributed by atoms with Gasteiger partial charge in [0.1, 0.15) is 0 Å². The standard InChI is InChI=1S/CH4O3S.CH4.Na.H2O4S.H/c1-5(2,3)4;;;1-5(2,3)4;/h1H3,(H,2,3,4);1H4;;(H2,1,2,3,4);/q;;+1;;-1. The summed E-state index contributed by atoms with van der Waals surface area (Å²) in [6.45, 7) is 0. The molecule has 7 nitrogen and oxygen atoms in total. The Balaban J connectivity index is -0.0000000267. The van der Waals surface area contributed by atoms with Crippen molar-refractivity contribution >= 4 is 20.5 Å². The third kappa shape index (κ3) is 1690. The van der Waals surface area contributed by atoms with E-state index in [9.17, 15) is 8.42 Å². The van der Waals surface area contributed by atoms with Crippen molar-refractivity contribution in [2.75, 3.05) is 6.26 Å². The Morgan fingerprint density at radius 3 is 1.00 bits per heavy atom. The van der Waals surface area contributed by atoms with Crippen LogP contribution in [0.25, 0.3) is 0 Å². The minimum Gasteiger partial charge on any atom is -1.00 e. The van der Waals surface area contributed by atoms with Crippen LogP contribution in [-0.2, 0) is 20.5 Å². The molecule has 0 fully saturated rings. The van der Waals surface area contributed by atoms with E-state index in [0.717, 1.165) is 0 Å². The maximum Gasteiger partial charge on any atom is 1.00 e. The van der Waals surface area contributed by atoms with Gasteiger partial charge in [-0.2, -0.15) is 16.8 Å². The fraction of sp³-hybridized carbons (Fsp3) is 1.00. The van der Waals surface area contributed by atoms with Crippen molar-refractivity contribution < 1.29 is 61.5 Å². The van der Waals surface area contributed by atoms with Crippen LogP contribution < -0.4 is 29.6 Å². The van der Waals surface area contributed by atoms with E-state index in [4.69, 9.17) is 22.1 Å². The van der Waals surface area contributed by atoms with E-state index >= 15 is 0 Å². The fourth-order valence-electron chi connectivity index (χ4n) is 0. The molecule has 0 spiro atoms. The molecule has 10 heteroatoms. The monoisotopic (exact) mass is 234 g/mol. The molecular weight excluding hydrogens is 223 g/mol. The van der Waals surface area contributed by atoms with Gasteiger partial charge in [-0.1, -0.05) is 7.43 Å². The molecular formula is C2H11NaO7S2. The van der Waals surface area contributed by atoms with Crippen molar-refractivity contribution in [3.63, 3.8) is 0 Å². The molecule has 0 bridgehead atoms. The minimum absolute atomic E-state index is 0. The van der Waals surface area contributed by atoms with E-state index in [1.807, 2.05) is 0 Å². The topological polar surface area (TPSA) is 129 Å². The normalized spacial score (nSPS) is 9.67. The third-order valence-corrected chi connectivity index (χ3v) is 0. The summed E-state index contributed by atoms with van der Waals surface area (Å²) < 4.78 is 57.5. The molecule has 0 saturated carbocycles. The van der Waals surface area contributed by atoms with E-state index < -0.39 is 20.5 Å². The molecule has 74 valence electrons. The van der Waals surface area contributed by atoms with Gasteiger partial charge in [0.25, 0.3) is 10.1 Å². The van der Waals surface area contributed by atoms with Gasteiger partial charge in [0.15, 0.2) is 0 Å². The predicted octanol–water partition coefficient (Wildman–Crippen LogP) is -3.40. The fourth-order valence-corrected chi connectivity index (χ4v) is 0. The summed E-state index contributed by atoms with van der Waals surface area (Å²) in [4.78, 5) is 0. The molecule has 12 heavy (non-hydrogen) atoms. The van der Waals surface area contributed by atoms with Gasteiger partial charge < -0.3 is 1.43 Å². The molecule has 0 aromatic heterocycles. The Morgan fingerprint density at radius 1 is 1.00 bits per heavy atom. The van der Waals surface area contributed by atoms with Gasteiger partial charge in [0.2, 0.25) is 0 Å². The van der Waals surface area contributed by atoms with Crippen LogP contribution in [0.2, 0.25) is 0 Å². The van der Waals surface area contributed by atoms with Crippen LogP contribution in [0.15, 0.2) is 0 Å². The molecule has 0 aromatic rings. The zero-order valence-electron chi connectivity index (χ0n) is 6.79. The van der Waals surface area contributed by atoms with Gasteiger partial charge >= 0.3 is 40.0 Å². The van der Waals surface area contributed by atoms with Crippen LogP contribution in [0.5, 0.6) is 0 Å². The van der Waals surface area contributed by atoms with Crippen LogP contribution in [0.1, 0.15) is 8.85 Å². The Hall–Kier alpha value is 0.780. The van der Waals surface area contributed by atoms with E-state index in [1.54, 1.807) is 0 Å². The minimum atomic E-state index is -4.67. The molecule has 0 saturated heterocycles. The van der Waals surface area contributed by atoms with Gasteiger partial charge in [0, 0.05) is 0 Å². The van der Waals surface area contributed by atoms with Crippen molar-refractivity contribution in [2.45, 2.75) is 7.43 Å². The molecule has 0 aliphatic carbocycles. The Morgan fingerprint density at radius 2 is 1.00 bits per heavy atom. The first-order valence-corrected chi connectivity index (χ1v) is 4.87. The van der Waals surface area contributed by atoms with Crippen LogP contribution in [0, 0.1) is 0 Å². The quantitative estimate of drug-likeness (QED) is 0.294. The van der Waals surface area contributed by atoms with Crippen molar-refractivity contribution in [1.82, 2.24) is 0 Å². The second-order valence-corrected chi connectivity index (χ2v) is 3.54. The number of hydrogen-bond donors (Lipinski definition) is 3. The van der Waals surface area contributed by atoms with Crippen LogP contribution in [-0.4, -0.2) is 36.7 Å². The average Bonchev–Trinajstić information content (AvgIpc) is 1.12. The molecule has 0 amide bonds. The van der Waals surface area contributed by atoms with Gasteiger partial charge in [-0.05, 0) is 0 Å². The van der Waals surface area contributed by atoms with Crippen molar-refractivity contribution in [3.05, 3.63) is 0 Å². The average molecular weight is 234 g/mol. The van der Waals surface area contributed by atoms with E-state index in [2.05, 4.69) is 0 Å². The van der Waals surface area contributed by atoms with Crippen molar-refractivity contribution in [1.29, 1.82) is 0 Å². The molecule has 0 aliphatic rings. The molecule has 0 unspecified atom stereocenters. The Labute approximate surface area is 95.3 Å². The number of hydrogen-bond acceptors (Lipinski definition) is 4. The summed E-state index contributed by atoms with van der Waals surface area (Å²) in [7, 11) is -8.33. The van der Waals surface area contributed by atoms with Gasteiger partial charge in [0.05, 0.1) is 6.26 Å². The van der Waals surface area contributed by atoms with Gasteiger partial charge in [-0.25, -0.2) is 0 Å². The first kappa shape index (κ1) is 23.0. The maximum absolute atomic E-state index is 9.19. The first-order valence-electron chi connectivity index (χ1n) is 1.62. The summed E-state index contributed by atoms with van der Waals surface area (Å²) in [6, 6.07) is 0. The van der Waals surface area contributed by atoms with Crippen LogP contribution in [0.4, 0.5) is 0 Å². The molecule has 0 aromatic carbocycles. The SMILES string of the molecule is C.CS(=O)(=O)O.O=S(=O)(O)O.[H-].[Na+]. The predicted molar refractivity (Wildman–Crippen MR) is 39.5 cm³/mol. The maximum atomic E-state index is 9.19. The van der Waals surface area contributed by atoms with Crippen molar-refractivity contribution in [2.24, 2.45) is 0 Å². The summed E-state index contributed by atoms with van der Waals surface area (Å²) >= 11 is 0. The molecule has 3 N–H and O–H groups in total. The van der Waals surface area contributed by atoms with E-state index in [1.165, 1.54) is 0 Å². The first-order chi connectivity index (χ1) is 4.00. The molecule has 0 rings (SSSR count). The van der Waals surface area contributed by atoms with Crippen LogP contribution in [0.3, 0.4) is 0 Å². The second-order valence-electron chi connectivity index (χ2n) is 1.18. The third-order valence-electron chi connectivity index (χ3n) is 0. The van der Waals surface area contributed by atoms with E-state index in [-0.39, 0.29) is 38.4 Å². The Kier molecular flexibility index (Phi) is 16.1. The summed E-state index contributed by atoms with van der Waals surface area (Å²) in [5.74, 6) is 0. The Bertz CT molecular complexity index is 221. The second kappa shape index (κ2) is 8.38. The zero-order valence-corrected chi connectivity index (χ0v) is 9.42. The molecule has 0 heterocycles. The molecule has 0 aliphatic heterocycles. The zero-order chi connectivity index (χ0) is 9.00. The summed E-state index contributed by atoms with van der Waals surface area (Å²) in [5, 5.41) is 0. The summed E-state index contributed by atoms with van der Waals surface area (Å²) in [5.41, 5.74) is 0. The molecule has 0 atom stereocenters. The van der Waals surface area contributed by atoms with Gasteiger partial charge in [-0.15, -0.1) is 0 Å². The largest absolute Gasteiger partial charge is 1.00 e. The van der Waals surface area contributed by atoms with Crippen LogP contribution >= 0.6 is 0 Å². The number of rotatable bonds is 0. The smallest absolute Gasteiger partial charge is 1.00 e. The molecule has 0 radical (unpaired) electrons. The van der Waals surface area contributed by atoms with Crippen molar-refractivity contribution in [3.8, 4) is 0 Å². The summed E-state index contributed by atoms with van der Waals surface area (Å²) in [6.07, 6.45) is 0.715. The van der Waals surface area contributed by atoms with Gasteiger partial charge in [-0.3, -0.25) is 13.7 Å². The van der Waals surface area contributed by atoms with E-state index in [0.29, 0.717) is 6.26 Å².